The zero-order chi connectivity index (χ0) is 9.30. The largest absolute Gasteiger partial charge is 0.464 e. The average molecular weight is 392 g/mol. The van der Waals surface area contributed by atoms with Crippen molar-refractivity contribution in [1.82, 2.24) is 9.78 Å². The molecule has 0 unspecified atom stereocenters. The predicted octanol–water partition coefficient (Wildman–Crippen LogP) is 1.42. The minimum absolute atomic E-state index is 0.380. The maximum Gasteiger partial charge on any atom is 0.359 e. The highest BCUT2D eigenvalue weighted by molar-refractivity contribution is 14.1. The van der Waals surface area contributed by atoms with E-state index < -0.39 is 5.97 Å². The number of nitrogens with zero attached hydrogens (tertiary/aromatic N) is 2. The van der Waals surface area contributed by atoms with Crippen LogP contribution in [0.3, 0.4) is 0 Å². The van der Waals surface area contributed by atoms with Gasteiger partial charge in [0.05, 0.1) is 10.7 Å². The third-order valence-electron chi connectivity index (χ3n) is 1.30. The first kappa shape index (κ1) is 10.2. The molecule has 0 aromatic carbocycles. The zero-order valence-corrected chi connectivity index (χ0v) is 10.8. The molecule has 66 valence electrons. The molecule has 0 aliphatic carbocycles. The van der Waals surface area contributed by atoms with E-state index in [-0.39, 0.29) is 0 Å². The molecule has 0 amide bonds. The van der Waals surface area contributed by atoms with Gasteiger partial charge in [-0.25, -0.2) is 4.79 Å². The normalized spacial score (nSPS) is 10.0. The molecule has 12 heavy (non-hydrogen) atoms. The van der Waals surface area contributed by atoms with E-state index in [1.54, 1.807) is 11.7 Å². The SMILES string of the molecule is COC(=O)c1nn(C)c(I)c1I. The second-order valence-corrected chi connectivity index (χ2v) is 4.17. The molecule has 4 nitrogen and oxygen atoms in total. The number of halogens is 2. The number of hydrogen-bond donors (Lipinski definition) is 0. The molecular weight excluding hydrogens is 386 g/mol. The fraction of sp³-hybridized carbons (Fsp3) is 0.333. The molecule has 0 fully saturated rings. The summed E-state index contributed by atoms with van der Waals surface area (Å²) in [5.41, 5.74) is 0.380. The number of hydrogen-bond acceptors (Lipinski definition) is 3. The molecule has 0 spiro atoms. The van der Waals surface area contributed by atoms with Gasteiger partial charge in [0.25, 0.3) is 0 Å². The lowest BCUT2D eigenvalue weighted by molar-refractivity contribution is 0.0592. The quantitative estimate of drug-likeness (QED) is 0.537. The number of ether oxygens (including phenoxy) is 1. The van der Waals surface area contributed by atoms with Crippen LogP contribution in [-0.4, -0.2) is 22.9 Å². The van der Waals surface area contributed by atoms with Crippen LogP contribution in [0.4, 0.5) is 0 Å². The van der Waals surface area contributed by atoms with E-state index in [4.69, 9.17) is 0 Å². The van der Waals surface area contributed by atoms with Gasteiger partial charge in [0.1, 0.15) is 3.70 Å². The van der Waals surface area contributed by atoms with Crippen molar-refractivity contribution in [3.63, 3.8) is 0 Å². The number of aryl methyl sites for hydroxylation is 1. The molecule has 0 aliphatic heterocycles. The second kappa shape index (κ2) is 3.90. The summed E-state index contributed by atoms with van der Waals surface area (Å²) in [7, 11) is 3.14. The second-order valence-electron chi connectivity index (χ2n) is 2.07. The highest BCUT2D eigenvalue weighted by atomic mass is 127. The number of carbonyl (C=O) groups excluding carboxylic acids is 1. The Kier molecular flexibility index (Phi) is 3.32. The summed E-state index contributed by atoms with van der Waals surface area (Å²) in [5.74, 6) is -0.391. The molecule has 0 aliphatic rings. The van der Waals surface area contributed by atoms with Gasteiger partial charge >= 0.3 is 5.97 Å². The molecule has 1 aromatic rings. The zero-order valence-electron chi connectivity index (χ0n) is 6.47. The molecule has 0 saturated carbocycles. The van der Waals surface area contributed by atoms with E-state index in [2.05, 4.69) is 55.0 Å². The van der Waals surface area contributed by atoms with Gasteiger partial charge in [0.15, 0.2) is 5.69 Å². The van der Waals surface area contributed by atoms with Gasteiger partial charge in [-0.1, -0.05) is 0 Å². The van der Waals surface area contributed by atoms with Crippen LogP contribution in [0.1, 0.15) is 10.5 Å². The third-order valence-corrected chi connectivity index (χ3v) is 4.59. The van der Waals surface area contributed by atoms with E-state index in [1.807, 2.05) is 0 Å². The highest BCUT2D eigenvalue weighted by Crippen LogP contribution is 2.18. The number of carbonyl (C=O) groups is 1. The van der Waals surface area contributed by atoms with Crippen molar-refractivity contribution in [3.05, 3.63) is 13.0 Å². The van der Waals surface area contributed by atoms with Crippen LogP contribution >= 0.6 is 45.2 Å². The summed E-state index contributed by atoms with van der Waals surface area (Å²) in [6.45, 7) is 0. The van der Waals surface area contributed by atoms with E-state index in [0.29, 0.717) is 5.69 Å². The van der Waals surface area contributed by atoms with E-state index >= 15 is 0 Å². The Morgan fingerprint density at radius 1 is 1.58 bits per heavy atom. The van der Waals surface area contributed by atoms with Crippen molar-refractivity contribution in [1.29, 1.82) is 0 Å². The van der Waals surface area contributed by atoms with Gasteiger partial charge in [-0.15, -0.1) is 0 Å². The topological polar surface area (TPSA) is 44.1 Å². The van der Waals surface area contributed by atoms with Crippen LogP contribution in [-0.2, 0) is 11.8 Å². The van der Waals surface area contributed by atoms with Crippen molar-refractivity contribution in [3.8, 4) is 0 Å². The Balaban J connectivity index is 3.17. The van der Waals surface area contributed by atoms with Crippen LogP contribution in [0.2, 0.25) is 0 Å². The molecule has 0 saturated heterocycles. The lowest BCUT2D eigenvalue weighted by Gasteiger charge is -1.92. The Labute approximate surface area is 96.9 Å². The Morgan fingerprint density at radius 2 is 2.17 bits per heavy atom. The summed E-state index contributed by atoms with van der Waals surface area (Å²) in [6.07, 6.45) is 0. The minimum Gasteiger partial charge on any atom is -0.464 e. The van der Waals surface area contributed by atoms with Crippen molar-refractivity contribution >= 4 is 51.2 Å². The van der Waals surface area contributed by atoms with Crippen molar-refractivity contribution < 1.29 is 9.53 Å². The standard InChI is InChI=1S/C6H6I2N2O2/c1-10-5(8)3(7)4(9-10)6(11)12-2/h1-2H3. The molecule has 0 N–H and O–H groups in total. The Hall–Kier alpha value is 0.140. The molecule has 6 heteroatoms. The van der Waals surface area contributed by atoms with Gasteiger partial charge in [0.2, 0.25) is 0 Å². The number of rotatable bonds is 1. The third kappa shape index (κ3) is 1.73. The highest BCUT2D eigenvalue weighted by Gasteiger charge is 2.18. The van der Waals surface area contributed by atoms with Crippen LogP contribution < -0.4 is 0 Å². The first-order valence-electron chi connectivity index (χ1n) is 3.04. The lowest BCUT2D eigenvalue weighted by Crippen LogP contribution is -2.04. The molecule has 0 radical (unpaired) electrons. The molecule has 0 bridgehead atoms. The van der Waals surface area contributed by atoms with Crippen molar-refractivity contribution in [2.75, 3.05) is 7.11 Å². The fourth-order valence-electron chi connectivity index (χ4n) is 0.705. The fourth-order valence-corrected chi connectivity index (χ4v) is 1.75. The Morgan fingerprint density at radius 3 is 2.50 bits per heavy atom. The number of esters is 1. The van der Waals surface area contributed by atoms with Crippen molar-refractivity contribution in [2.24, 2.45) is 7.05 Å². The summed E-state index contributed by atoms with van der Waals surface area (Å²) < 4.78 is 7.98. The van der Waals surface area contributed by atoms with Crippen LogP contribution in [0.5, 0.6) is 0 Å². The van der Waals surface area contributed by atoms with E-state index in [9.17, 15) is 4.79 Å². The number of aromatic nitrogens is 2. The first-order valence-corrected chi connectivity index (χ1v) is 5.20. The summed E-state index contributed by atoms with van der Waals surface area (Å²) in [6, 6.07) is 0. The maximum absolute atomic E-state index is 11.1. The summed E-state index contributed by atoms with van der Waals surface area (Å²) in [5, 5.41) is 4.01. The molecule has 1 rings (SSSR count). The number of methoxy groups -OCH3 is 1. The molecule has 1 aromatic heterocycles. The van der Waals surface area contributed by atoms with Crippen LogP contribution in [0, 0.1) is 7.27 Å². The van der Waals surface area contributed by atoms with Gasteiger partial charge in [-0.05, 0) is 45.2 Å². The average Bonchev–Trinajstić information content (AvgIpc) is 2.32. The van der Waals surface area contributed by atoms with Crippen LogP contribution in [0.15, 0.2) is 0 Å². The Bertz CT molecular complexity index is 322. The van der Waals surface area contributed by atoms with Gasteiger partial charge in [-0.2, -0.15) is 5.10 Å². The van der Waals surface area contributed by atoms with Crippen molar-refractivity contribution in [2.45, 2.75) is 0 Å². The van der Waals surface area contributed by atoms with Gasteiger partial charge < -0.3 is 4.74 Å². The van der Waals surface area contributed by atoms with Gasteiger partial charge in [0, 0.05) is 7.05 Å². The molecule has 0 atom stereocenters. The minimum atomic E-state index is -0.391. The van der Waals surface area contributed by atoms with Crippen LogP contribution in [0.25, 0.3) is 0 Å². The van der Waals surface area contributed by atoms with E-state index in [0.717, 1.165) is 7.27 Å². The predicted molar refractivity (Wildman–Crippen MR) is 60.0 cm³/mol. The molecular formula is C6H6I2N2O2. The lowest BCUT2D eigenvalue weighted by atomic mass is 10.4. The smallest absolute Gasteiger partial charge is 0.359 e. The summed E-state index contributed by atoms with van der Waals surface area (Å²) in [4.78, 5) is 11.1. The van der Waals surface area contributed by atoms with Gasteiger partial charge in [-0.3, -0.25) is 4.68 Å². The van der Waals surface area contributed by atoms with E-state index in [1.165, 1.54) is 7.11 Å². The maximum atomic E-state index is 11.1. The summed E-state index contributed by atoms with van der Waals surface area (Å²) >= 11 is 4.20. The first-order chi connectivity index (χ1) is 5.57. The monoisotopic (exact) mass is 392 g/mol. The molecule has 1 heterocycles.